The highest BCUT2D eigenvalue weighted by Crippen LogP contribution is 2.51. The van der Waals surface area contributed by atoms with Crippen LogP contribution in [0.1, 0.15) is 19.8 Å². The molecule has 0 saturated heterocycles. The Kier molecular flexibility index (Phi) is 9.39. The van der Waals surface area contributed by atoms with E-state index in [1.165, 1.54) is 0 Å². The van der Waals surface area contributed by atoms with Gasteiger partial charge in [-0.25, -0.2) is 0 Å². The fraction of sp³-hybridized carbons (Fsp3) is 0.250. The van der Waals surface area contributed by atoms with Gasteiger partial charge < -0.3 is 9.80 Å². The first-order valence-corrected chi connectivity index (χ1v) is 18.6. The van der Waals surface area contributed by atoms with E-state index in [1.54, 1.807) is 23.5 Å². The van der Waals surface area contributed by atoms with Crippen molar-refractivity contribution >= 4 is 77.9 Å². The van der Waals surface area contributed by atoms with E-state index >= 15 is 0 Å². The Hall–Kier alpha value is -2.84. The van der Waals surface area contributed by atoms with E-state index in [1.807, 2.05) is 24.3 Å². The number of rotatable bonds is 11. The van der Waals surface area contributed by atoms with Gasteiger partial charge in [0.2, 0.25) is 0 Å². The largest absolute Gasteiger partial charge is 0.354 e. The number of benzene rings is 4. The van der Waals surface area contributed by atoms with Gasteiger partial charge in [-0.3, -0.25) is 13.3 Å². The van der Waals surface area contributed by atoms with Crippen molar-refractivity contribution in [2.75, 3.05) is 35.2 Å². The van der Waals surface area contributed by atoms with Crippen molar-refractivity contribution < 1.29 is 25.9 Å². The quantitative estimate of drug-likeness (QED) is 0.124. The molecule has 4 aromatic rings. The highest BCUT2D eigenvalue weighted by molar-refractivity contribution is 8.03. The molecule has 6 rings (SSSR count). The van der Waals surface area contributed by atoms with Crippen LogP contribution >= 0.6 is 23.5 Å². The predicted molar refractivity (Wildman–Crippen MR) is 182 cm³/mol. The van der Waals surface area contributed by atoms with Crippen LogP contribution in [0.15, 0.2) is 105 Å². The van der Waals surface area contributed by atoms with Gasteiger partial charge in [0.1, 0.15) is 0 Å². The fourth-order valence-electron chi connectivity index (χ4n) is 5.74. The monoisotopic (exact) mass is 668 g/mol. The maximum Gasteiger partial charge on any atom is 0.301 e. The molecule has 2 aliphatic rings. The minimum Gasteiger partial charge on any atom is -0.354 e. The van der Waals surface area contributed by atoms with Gasteiger partial charge in [0.15, 0.2) is 0 Å². The zero-order chi connectivity index (χ0) is 30.8. The number of anilines is 2. The van der Waals surface area contributed by atoms with Crippen LogP contribution in [0.5, 0.6) is 0 Å². The van der Waals surface area contributed by atoms with E-state index in [0.717, 1.165) is 59.7 Å². The molecule has 0 bridgehead atoms. The van der Waals surface area contributed by atoms with E-state index in [-0.39, 0.29) is 17.7 Å². The third kappa shape index (κ3) is 6.71. The lowest BCUT2D eigenvalue weighted by Gasteiger charge is -2.26. The Morgan fingerprint density at radius 3 is 2.27 bits per heavy atom. The number of thioether (sulfide) groups is 2. The fourth-order valence-corrected chi connectivity index (χ4v) is 8.96. The molecule has 230 valence electrons. The van der Waals surface area contributed by atoms with Crippen LogP contribution in [-0.4, -0.2) is 52.6 Å². The van der Waals surface area contributed by atoms with Gasteiger partial charge in [0, 0.05) is 33.7 Å². The summed E-state index contributed by atoms with van der Waals surface area (Å²) in [5.74, 6) is -0.298. The highest BCUT2D eigenvalue weighted by Gasteiger charge is 2.31. The van der Waals surface area contributed by atoms with Gasteiger partial charge in [0.25, 0.3) is 10.1 Å². The standard InChI is InChI=1S/C32H32N2O6S4/c1-2-22(21-30-34(17-18-40-43(35)36)32-26-11-6-4-9-24(26)13-15-28(32)42-30)20-29-33(16-7-19-44(37,38)39)31-25-10-5-3-8-23(25)12-14-27(31)41-29/h3-6,8-15,20-21,29H,2,7,16-19H2,1H3,(H,35,36)(H,37,38,39). The van der Waals surface area contributed by atoms with Gasteiger partial charge in [-0.2, -0.15) is 12.6 Å². The summed E-state index contributed by atoms with van der Waals surface area (Å²) in [6.45, 7) is 3.06. The van der Waals surface area contributed by atoms with E-state index in [9.17, 15) is 21.7 Å². The van der Waals surface area contributed by atoms with Gasteiger partial charge in [-0.15, -0.1) is 0 Å². The second-order valence-corrected chi connectivity index (χ2v) is 14.9. The molecule has 0 aliphatic carbocycles. The summed E-state index contributed by atoms with van der Waals surface area (Å²) in [5.41, 5.74) is 3.25. The van der Waals surface area contributed by atoms with Gasteiger partial charge in [-0.1, -0.05) is 91.1 Å². The molecule has 12 heteroatoms. The summed E-state index contributed by atoms with van der Waals surface area (Å²) in [6.07, 6.45) is 5.47. The summed E-state index contributed by atoms with van der Waals surface area (Å²) in [7, 11) is -4.07. The maximum absolute atomic E-state index is 11.5. The highest BCUT2D eigenvalue weighted by atomic mass is 32.2. The van der Waals surface area contributed by atoms with E-state index in [2.05, 4.69) is 77.4 Å². The number of hydrogen-bond donors (Lipinski definition) is 2. The summed E-state index contributed by atoms with van der Waals surface area (Å²) in [6, 6.07) is 24.8. The Bertz CT molecular complexity index is 1910. The zero-order valence-electron chi connectivity index (χ0n) is 24.0. The molecule has 8 nitrogen and oxygen atoms in total. The Labute approximate surface area is 268 Å². The lowest BCUT2D eigenvalue weighted by Crippen LogP contribution is -2.30. The average Bonchev–Trinajstić information content (AvgIpc) is 3.53. The van der Waals surface area contributed by atoms with Crippen LogP contribution in [-0.2, 0) is 25.7 Å². The minimum atomic E-state index is -4.07. The second kappa shape index (κ2) is 13.3. The number of fused-ring (bicyclic) bond motifs is 6. The molecule has 2 N–H and O–H groups in total. The third-order valence-electron chi connectivity index (χ3n) is 7.69. The summed E-state index contributed by atoms with van der Waals surface area (Å²) in [4.78, 5) is 6.64. The van der Waals surface area contributed by atoms with Crippen LogP contribution < -0.4 is 9.80 Å². The van der Waals surface area contributed by atoms with Crippen molar-refractivity contribution in [2.24, 2.45) is 0 Å². The summed E-state index contributed by atoms with van der Waals surface area (Å²) in [5, 5.41) is 5.37. The van der Waals surface area contributed by atoms with Crippen molar-refractivity contribution in [1.82, 2.24) is 0 Å². The number of allylic oxidation sites excluding steroid dienone is 2. The summed E-state index contributed by atoms with van der Waals surface area (Å²) < 4.78 is 58.0. The molecule has 2 heterocycles. The normalized spacial score (nSPS) is 18.4. The van der Waals surface area contributed by atoms with Crippen molar-refractivity contribution in [3.05, 3.63) is 95.6 Å². The lowest BCUT2D eigenvalue weighted by molar-refractivity contribution is 0.315. The van der Waals surface area contributed by atoms with Crippen LogP contribution in [0.2, 0.25) is 0 Å². The molecule has 0 saturated carbocycles. The van der Waals surface area contributed by atoms with Crippen molar-refractivity contribution in [2.45, 2.75) is 34.9 Å². The van der Waals surface area contributed by atoms with Gasteiger partial charge in [0.05, 0.1) is 34.1 Å². The minimum absolute atomic E-state index is 0.0767. The van der Waals surface area contributed by atoms with Crippen LogP contribution in [0.3, 0.4) is 0 Å². The molecule has 2 atom stereocenters. The van der Waals surface area contributed by atoms with E-state index in [0.29, 0.717) is 19.5 Å². The van der Waals surface area contributed by atoms with E-state index < -0.39 is 21.5 Å². The lowest BCUT2D eigenvalue weighted by atomic mass is 10.1. The maximum atomic E-state index is 11.5. The molecule has 2 unspecified atom stereocenters. The number of hydrogen-bond acceptors (Lipinski definition) is 8. The molecule has 0 amide bonds. The molecule has 0 fully saturated rings. The van der Waals surface area contributed by atoms with Crippen molar-refractivity contribution in [3.63, 3.8) is 0 Å². The smallest absolute Gasteiger partial charge is 0.301 e. The third-order valence-corrected chi connectivity index (χ3v) is 11.2. The molecular formula is C32H32N2O6S4. The first kappa shape index (κ1) is 31.2. The first-order valence-electron chi connectivity index (χ1n) is 14.3. The first-order chi connectivity index (χ1) is 21.2. The second-order valence-electron chi connectivity index (χ2n) is 10.5. The Morgan fingerprint density at radius 2 is 1.61 bits per heavy atom. The van der Waals surface area contributed by atoms with Crippen LogP contribution in [0.25, 0.3) is 21.5 Å². The van der Waals surface area contributed by atoms with Crippen molar-refractivity contribution in [3.8, 4) is 0 Å². The Morgan fingerprint density at radius 1 is 0.955 bits per heavy atom. The van der Waals surface area contributed by atoms with Gasteiger partial charge >= 0.3 is 11.4 Å². The zero-order valence-corrected chi connectivity index (χ0v) is 27.2. The summed E-state index contributed by atoms with van der Waals surface area (Å²) >= 11 is 1.05. The molecular weight excluding hydrogens is 637 g/mol. The molecule has 0 aromatic heterocycles. The van der Waals surface area contributed by atoms with Crippen LogP contribution in [0, 0.1) is 0 Å². The molecule has 4 aromatic carbocycles. The topological polar surface area (TPSA) is 107 Å². The SMILES string of the molecule is CCC(=CC1Sc2ccc3ccccc3c2N1CCCS(=O)(=O)O)C=C1Sc2ccc3ccccc3c2N1CCOS(=O)O. The number of nitrogens with zero attached hydrogens (tertiary/aromatic N) is 2. The molecule has 0 spiro atoms. The average molecular weight is 669 g/mol. The predicted octanol–water partition coefficient (Wildman–Crippen LogP) is 7.45. The molecule has 2 aliphatic heterocycles. The van der Waals surface area contributed by atoms with Crippen LogP contribution in [0.4, 0.5) is 11.4 Å². The molecule has 0 radical (unpaired) electrons. The van der Waals surface area contributed by atoms with Crippen molar-refractivity contribution in [1.29, 1.82) is 0 Å². The van der Waals surface area contributed by atoms with Gasteiger partial charge in [-0.05, 0) is 53.5 Å². The molecule has 44 heavy (non-hydrogen) atoms. The van der Waals surface area contributed by atoms with E-state index in [4.69, 9.17) is 4.18 Å². The Balaban J connectivity index is 1.36.